The first-order valence-electron chi connectivity index (χ1n) is 17.2. The zero-order valence-corrected chi connectivity index (χ0v) is 26.6. The number of para-hydroxylation sites is 5. The van der Waals surface area contributed by atoms with Gasteiger partial charge in [-0.25, -0.2) is 0 Å². The summed E-state index contributed by atoms with van der Waals surface area (Å²) >= 11 is 0. The smallest absolute Gasteiger partial charge is 0.276 e. The Morgan fingerprint density at radius 2 is 1.06 bits per heavy atom. The van der Waals surface area contributed by atoms with Gasteiger partial charge in [-0.3, -0.25) is 0 Å². The van der Waals surface area contributed by atoms with Gasteiger partial charge in [0.2, 0.25) is 0 Å². The van der Waals surface area contributed by atoms with Crippen LogP contribution in [0.2, 0.25) is 0 Å². The number of hydrogen-bond donors (Lipinski definition) is 0. The summed E-state index contributed by atoms with van der Waals surface area (Å²) in [5.41, 5.74) is 16.7. The summed E-state index contributed by atoms with van der Waals surface area (Å²) in [6, 6.07) is 52.1. The van der Waals surface area contributed by atoms with Crippen LogP contribution >= 0.6 is 0 Å². The number of rotatable bonds is 2. The van der Waals surface area contributed by atoms with Gasteiger partial charge in [0.25, 0.3) is 6.71 Å². The molecule has 0 spiro atoms. The van der Waals surface area contributed by atoms with Gasteiger partial charge in [0.1, 0.15) is 16.7 Å². The number of aromatic nitrogens is 1. The van der Waals surface area contributed by atoms with E-state index in [0.29, 0.717) is 0 Å². The molecule has 13 rings (SSSR count). The Labute approximate surface area is 285 Å². The molecular formula is C44H24BN3O2. The standard InChI is InChI=1S/C44H24BN3O2/c1-3-13-25(14-4-1)46-32-23-30-27-17-8-11-21-34(27)50-43(30)42-39(32)45-38-33(48-31-20-10-7-18-28(31)40(46)44(45)48)24-36-37(29-19-9-12-22-35(29)49-36)41(38)47(42)26-15-5-2-6-16-26/h1-24H. The second-order valence-electron chi connectivity index (χ2n) is 13.6. The van der Waals surface area contributed by atoms with Crippen LogP contribution in [0, 0.1) is 0 Å². The molecule has 0 saturated heterocycles. The number of benzene rings is 7. The van der Waals surface area contributed by atoms with Gasteiger partial charge in [-0.2, -0.15) is 0 Å². The molecule has 0 fully saturated rings. The first kappa shape index (κ1) is 25.4. The van der Waals surface area contributed by atoms with Crippen molar-refractivity contribution in [3.8, 4) is 5.69 Å². The Balaban J connectivity index is 1.33. The molecule has 0 radical (unpaired) electrons. The maximum atomic E-state index is 6.98. The molecule has 230 valence electrons. The summed E-state index contributed by atoms with van der Waals surface area (Å²) in [5.74, 6) is 0. The third kappa shape index (κ3) is 2.82. The molecule has 10 aromatic rings. The maximum absolute atomic E-state index is 6.98. The van der Waals surface area contributed by atoms with Gasteiger partial charge in [0.15, 0.2) is 5.58 Å². The van der Waals surface area contributed by atoms with E-state index < -0.39 is 0 Å². The molecule has 6 heteroatoms. The third-order valence-corrected chi connectivity index (χ3v) is 11.2. The Bertz CT molecular complexity index is 3120. The molecular weight excluding hydrogens is 613 g/mol. The van der Waals surface area contributed by atoms with E-state index in [9.17, 15) is 0 Å². The summed E-state index contributed by atoms with van der Waals surface area (Å²) in [5, 5.41) is 5.70. The second kappa shape index (κ2) is 8.68. The van der Waals surface area contributed by atoms with Gasteiger partial charge < -0.3 is 23.2 Å². The molecule has 0 unspecified atom stereocenters. The van der Waals surface area contributed by atoms with E-state index in [4.69, 9.17) is 8.83 Å². The minimum Gasteiger partial charge on any atom is -0.456 e. The highest BCUT2D eigenvalue weighted by Gasteiger charge is 2.53. The molecule has 6 heterocycles. The lowest BCUT2D eigenvalue weighted by atomic mass is 9.36. The summed E-state index contributed by atoms with van der Waals surface area (Å²) in [7, 11) is 0. The van der Waals surface area contributed by atoms with Crippen LogP contribution in [0.4, 0.5) is 34.1 Å². The maximum Gasteiger partial charge on any atom is 0.276 e. The van der Waals surface area contributed by atoms with Crippen molar-refractivity contribution in [2.24, 2.45) is 0 Å². The van der Waals surface area contributed by atoms with Crippen molar-refractivity contribution >= 4 is 112 Å². The molecule has 3 aromatic heterocycles. The van der Waals surface area contributed by atoms with E-state index in [1.54, 1.807) is 0 Å². The molecule has 0 aliphatic carbocycles. The van der Waals surface area contributed by atoms with Gasteiger partial charge in [0, 0.05) is 56.0 Å². The molecule has 50 heavy (non-hydrogen) atoms. The van der Waals surface area contributed by atoms with Crippen LogP contribution in [0.3, 0.4) is 0 Å². The zero-order valence-electron chi connectivity index (χ0n) is 26.6. The van der Waals surface area contributed by atoms with Crippen molar-refractivity contribution in [3.63, 3.8) is 0 Å². The SMILES string of the molecule is c1ccc(N2c3cc4c(oc5ccccc54)c4c3B3c5c(cc6oc7ccccc7c6c5N4c4ccccc4)-n4c3c2c2ccccc24)cc1. The first-order chi connectivity index (χ1) is 24.8. The number of fused-ring (bicyclic) bond motifs is 12. The molecule has 3 aliphatic heterocycles. The monoisotopic (exact) mass is 637 g/mol. The Morgan fingerprint density at radius 1 is 0.440 bits per heavy atom. The van der Waals surface area contributed by atoms with Crippen LogP contribution in [0.5, 0.6) is 0 Å². The largest absolute Gasteiger partial charge is 0.456 e. The van der Waals surface area contributed by atoms with Gasteiger partial charge in [-0.05, 0) is 59.5 Å². The Kier molecular flexibility index (Phi) is 4.40. The minimum absolute atomic E-state index is 0.0111. The van der Waals surface area contributed by atoms with Crippen molar-refractivity contribution in [2.75, 3.05) is 9.80 Å². The number of furan rings is 2. The van der Waals surface area contributed by atoms with Crippen molar-refractivity contribution in [1.82, 2.24) is 4.57 Å². The number of nitrogens with zero attached hydrogens (tertiary/aromatic N) is 3. The van der Waals surface area contributed by atoms with E-state index >= 15 is 0 Å². The van der Waals surface area contributed by atoms with E-state index in [2.05, 4.69) is 160 Å². The molecule has 7 aromatic carbocycles. The normalized spacial score (nSPS) is 13.9. The fraction of sp³-hybridized carbons (Fsp3) is 0. The lowest BCUT2D eigenvalue weighted by molar-refractivity contribution is 0.668. The second-order valence-corrected chi connectivity index (χ2v) is 13.6. The highest BCUT2D eigenvalue weighted by atomic mass is 16.3. The Morgan fingerprint density at radius 3 is 1.84 bits per heavy atom. The quantitative estimate of drug-likeness (QED) is 0.177. The van der Waals surface area contributed by atoms with Crippen molar-refractivity contribution < 1.29 is 8.83 Å². The topological polar surface area (TPSA) is 37.7 Å². The summed E-state index contributed by atoms with van der Waals surface area (Å²) in [6.07, 6.45) is 0. The fourth-order valence-corrected chi connectivity index (χ4v) is 9.44. The van der Waals surface area contributed by atoms with Crippen molar-refractivity contribution in [3.05, 3.63) is 146 Å². The molecule has 3 aliphatic rings. The average Bonchev–Trinajstić information content (AvgIpc) is 3.92. The van der Waals surface area contributed by atoms with Crippen LogP contribution in [-0.2, 0) is 0 Å². The minimum atomic E-state index is -0.0111. The predicted molar refractivity (Wildman–Crippen MR) is 205 cm³/mol. The third-order valence-electron chi connectivity index (χ3n) is 11.2. The van der Waals surface area contributed by atoms with Crippen LogP contribution in [0.25, 0.3) is 60.5 Å². The average molecular weight is 638 g/mol. The van der Waals surface area contributed by atoms with Gasteiger partial charge in [-0.1, -0.05) is 91.0 Å². The fourth-order valence-electron chi connectivity index (χ4n) is 9.44. The summed E-state index contributed by atoms with van der Waals surface area (Å²) in [6.45, 7) is -0.0111. The van der Waals surface area contributed by atoms with E-state index in [-0.39, 0.29) is 6.71 Å². The van der Waals surface area contributed by atoms with E-state index in [1.807, 2.05) is 0 Å². The number of anilines is 6. The lowest BCUT2D eigenvalue weighted by Crippen LogP contribution is -2.59. The summed E-state index contributed by atoms with van der Waals surface area (Å²) in [4.78, 5) is 4.98. The van der Waals surface area contributed by atoms with Crippen molar-refractivity contribution in [2.45, 2.75) is 0 Å². The van der Waals surface area contributed by atoms with Crippen LogP contribution < -0.4 is 26.3 Å². The molecule has 0 atom stereocenters. The van der Waals surface area contributed by atoms with Gasteiger partial charge in [-0.15, -0.1) is 0 Å². The molecule has 5 nitrogen and oxygen atoms in total. The first-order valence-corrected chi connectivity index (χ1v) is 17.2. The van der Waals surface area contributed by atoms with E-state index in [1.165, 1.54) is 44.5 Å². The van der Waals surface area contributed by atoms with Crippen LogP contribution in [0.1, 0.15) is 0 Å². The van der Waals surface area contributed by atoms with Gasteiger partial charge >= 0.3 is 0 Å². The lowest BCUT2D eigenvalue weighted by Gasteiger charge is -2.41. The molecule has 0 N–H and O–H groups in total. The molecule has 0 bridgehead atoms. The highest BCUT2D eigenvalue weighted by Crippen LogP contribution is 2.54. The number of hydrogen-bond acceptors (Lipinski definition) is 4. The zero-order chi connectivity index (χ0) is 32.2. The predicted octanol–water partition coefficient (Wildman–Crippen LogP) is 9.83. The highest BCUT2D eigenvalue weighted by molar-refractivity contribution is 7.02. The van der Waals surface area contributed by atoms with Crippen LogP contribution in [-0.4, -0.2) is 11.3 Å². The van der Waals surface area contributed by atoms with Crippen LogP contribution in [0.15, 0.2) is 154 Å². The van der Waals surface area contributed by atoms with Crippen molar-refractivity contribution in [1.29, 1.82) is 0 Å². The Hall–Kier alpha value is -6.66. The molecule has 0 saturated carbocycles. The van der Waals surface area contributed by atoms with Gasteiger partial charge in [0.05, 0.1) is 28.0 Å². The summed E-state index contributed by atoms with van der Waals surface area (Å²) < 4.78 is 16.2. The molecule has 0 amide bonds. The van der Waals surface area contributed by atoms with E-state index in [0.717, 1.165) is 66.6 Å².